The van der Waals surface area contributed by atoms with E-state index < -0.39 is 11.5 Å². The predicted octanol–water partition coefficient (Wildman–Crippen LogP) is 2.90. The Bertz CT molecular complexity index is 358. The van der Waals surface area contributed by atoms with Crippen LogP contribution in [0.5, 0.6) is 0 Å². The summed E-state index contributed by atoms with van der Waals surface area (Å²) in [6.45, 7) is 2.72. The van der Waals surface area contributed by atoms with E-state index in [-0.39, 0.29) is 5.56 Å². The van der Waals surface area contributed by atoms with Gasteiger partial charge in [0.1, 0.15) is 17.6 Å². The fourth-order valence-corrected chi connectivity index (χ4v) is 0.981. The lowest BCUT2D eigenvalue weighted by Gasteiger charge is -2.14. The molecule has 1 rings (SSSR count). The molecule has 0 aromatic heterocycles. The Kier molecular flexibility index (Phi) is 2.33. The van der Waals surface area contributed by atoms with E-state index in [1.54, 1.807) is 6.07 Å². The zero-order valence-corrected chi connectivity index (χ0v) is 7.44. The molecular formula is C10H9F2N. The average Bonchev–Trinajstić information content (AvgIpc) is 2.03. The Morgan fingerprint density at radius 3 is 2.46 bits per heavy atom. The van der Waals surface area contributed by atoms with Gasteiger partial charge in [0.25, 0.3) is 0 Å². The van der Waals surface area contributed by atoms with Crippen LogP contribution in [0.15, 0.2) is 18.2 Å². The first kappa shape index (κ1) is 9.66. The van der Waals surface area contributed by atoms with Gasteiger partial charge in [-0.3, -0.25) is 0 Å². The van der Waals surface area contributed by atoms with Crippen LogP contribution in [0.4, 0.5) is 8.78 Å². The highest BCUT2D eigenvalue weighted by Gasteiger charge is 2.19. The molecule has 0 heterocycles. The molecule has 0 amide bonds. The minimum Gasteiger partial charge on any atom is -0.239 e. The number of benzene rings is 1. The van der Waals surface area contributed by atoms with Gasteiger partial charge in [0, 0.05) is 0 Å². The van der Waals surface area contributed by atoms with Crippen molar-refractivity contribution in [2.75, 3.05) is 0 Å². The summed E-state index contributed by atoms with van der Waals surface area (Å²) in [6, 6.07) is 5.35. The fourth-order valence-electron chi connectivity index (χ4n) is 0.981. The first-order valence-corrected chi connectivity index (χ1v) is 3.84. The van der Waals surface area contributed by atoms with Crippen LogP contribution in [0.3, 0.4) is 0 Å². The zero-order valence-electron chi connectivity index (χ0n) is 7.44. The number of rotatable bonds is 1. The number of hydrogen-bond acceptors (Lipinski definition) is 1. The molecule has 68 valence electrons. The first-order chi connectivity index (χ1) is 5.95. The van der Waals surface area contributed by atoms with Crippen LogP contribution in [0.2, 0.25) is 0 Å². The van der Waals surface area contributed by atoms with Crippen LogP contribution in [0, 0.1) is 17.1 Å². The van der Waals surface area contributed by atoms with Gasteiger partial charge in [-0.1, -0.05) is 6.07 Å². The minimum absolute atomic E-state index is 0.122. The summed E-state index contributed by atoms with van der Waals surface area (Å²) in [5, 5.41) is 8.50. The normalized spacial score (nSPS) is 11.0. The van der Waals surface area contributed by atoms with Gasteiger partial charge in [-0.05, 0) is 31.5 Å². The van der Waals surface area contributed by atoms with E-state index in [9.17, 15) is 8.78 Å². The molecular weight excluding hydrogens is 172 g/mol. The Labute approximate surface area is 75.6 Å². The molecule has 0 aliphatic carbocycles. The van der Waals surface area contributed by atoms with Crippen LogP contribution < -0.4 is 0 Å². The number of alkyl halides is 1. The van der Waals surface area contributed by atoms with Gasteiger partial charge in [0.15, 0.2) is 0 Å². The number of nitrogens with zero attached hydrogens (tertiary/aromatic N) is 1. The summed E-state index contributed by atoms with van der Waals surface area (Å²) in [6.07, 6.45) is 0. The highest BCUT2D eigenvalue weighted by atomic mass is 19.1. The first-order valence-electron chi connectivity index (χ1n) is 3.84. The number of halogens is 2. The van der Waals surface area contributed by atoms with Gasteiger partial charge in [-0.25, -0.2) is 8.78 Å². The van der Waals surface area contributed by atoms with Crippen molar-refractivity contribution in [1.82, 2.24) is 0 Å². The van der Waals surface area contributed by atoms with Crippen LogP contribution in [-0.2, 0) is 5.67 Å². The molecule has 0 fully saturated rings. The second-order valence-corrected chi connectivity index (χ2v) is 3.28. The highest BCUT2D eigenvalue weighted by molar-refractivity contribution is 5.36. The van der Waals surface area contributed by atoms with Crippen LogP contribution >= 0.6 is 0 Å². The van der Waals surface area contributed by atoms with Gasteiger partial charge >= 0.3 is 0 Å². The van der Waals surface area contributed by atoms with E-state index in [1.807, 2.05) is 0 Å². The molecule has 0 spiro atoms. The van der Waals surface area contributed by atoms with Gasteiger partial charge in [0.2, 0.25) is 0 Å². The second-order valence-electron chi connectivity index (χ2n) is 3.28. The van der Waals surface area contributed by atoms with Gasteiger partial charge < -0.3 is 0 Å². The fraction of sp³-hybridized carbons (Fsp3) is 0.300. The molecule has 0 unspecified atom stereocenters. The van der Waals surface area contributed by atoms with Gasteiger partial charge in [-0.15, -0.1) is 0 Å². The Morgan fingerprint density at radius 1 is 1.38 bits per heavy atom. The molecule has 0 atom stereocenters. The SMILES string of the molecule is CC(C)(F)c1ccc(F)c(C#N)c1. The monoisotopic (exact) mass is 181 g/mol. The number of nitriles is 1. The van der Waals surface area contributed by atoms with Crippen molar-refractivity contribution in [3.63, 3.8) is 0 Å². The maximum Gasteiger partial charge on any atom is 0.140 e. The average molecular weight is 181 g/mol. The molecule has 0 bridgehead atoms. The maximum atomic E-state index is 13.3. The van der Waals surface area contributed by atoms with Crippen molar-refractivity contribution in [2.45, 2.75) is 19.5 Å². The quantitative estimate of drug-likeness (QED) is 0.653. The van der Waals surface area contributed by atoms with Crippen molar-refractivity contribution in [3.8, 4) is 6.07 Å². The molecule has 13 heavy (non-hydrogen) atoms. The van der Waals surface area contributed by atoms with E-state index >= 15 is 0 Å². The summed E-state index contributed by atoms with van der Waals surface area (Å²) in [5.74, 6) is -0.615. The number of hydrogen-bond donors (Lipinski definition) is 0. The summed E-state index contributed by atoms with van der Waals surface area (Å²) < 4.78 is 26.2. The lowest BCUT2D eigenvalue weighted by molar-refractivity contribution is 0.221. The molecule has 1 nitrogen and oxygen atoms in total. The summed E-state index contributed by atoms with van der Waals surface area (Å²) >= 11 is 0. The minimum atomic E-state index is -1.54. The molecule has 0 saturated carbocycles. The van der Waals surface area contributed by atoms with E-state index in [1.165, 1.54) is 26.0 Å². The van der Waals surface area contributed by atoms with Gasteiger partial charge in [0.05, 0.1) is 5.56 Å². The molecule has 3 heteroatoms. The molecule has 0 saturated heterocycles. The zero-order chi connectivity index (χ0) is 10.1. The van der Waals surface area contributed by atoms with Crippen LogP contribution in [0.25, 0.3) is 0 Å². The Balaban J connectivity index is 3.24. The second kappa shape index (κ2) is 3.14. The predicted molar refractivity (Wildman–Crippen MR) is 45.2 cm³/mol. The lowest BCUT2D eigenvalue weighted by Crippen LogP contribution is -2.09. The highest BCUT2D eigenvalue weighted by Crippen LogP contribution is 2.25. The molecule has 0 N–H and O–H groups in total. The third-order valence-electron chi connectivity index (χ3n) is 1.77. The topological polar surface area (TPSA) is 23.8 Å². The summed E-state index contributed by atoms with van der Waals surface area (Å²) in [5.41, 5.74) is -1.35. The maximum absolute atomic E-state index is 13.3. The molecule has 0 aliphatic heterocycles. The van der Waals surface area contributed by atoms with Crippen molar-refractivity contribution in [1.29, 1.82) is 5.26 Å². The molecule has 0 aliphatic rings. The van der Waals surface area contributed by atoms with Gasteiger partial charge in [-0.2, -0.15) is 5.26 Å². The van der Waals surface area contributed by atoms with Crippen molar-refractivity contribution < 1.29 is 8.78 Å². The lowest BCUT2D eigenvalue weighted by atomic mass is 9.98. The van der Waals surface area contributed by atoms with Crippen LogP contribution in [0.1, 0.15) is 25.0 Å². The Morgan fingerprint density at radius 2 is 2.00 bits per heavy atom. The summed E-state index contributed by atoms with van der Waals surface area (Å²) in [7, 11) is 0. The largest absolute Gasteiger partial charge is 0.239 e. The van der Waals surface area contributed by atoms with E-state index in [2.05, 4.69) is 0 Å². The Hall–Kier alpha value is -1.43. The van der Waals surface area contributed by atoms with Crippen molar-refractivity contribution in [2.24, 2.45) is 0 Å². The van der Waals surface area contributed by atoms with Crippen molar-refractivity contribution in [3.05, 3.63) is 35.1 Å². The van der Waals surface area contributed by atoms with E-state index in [0.717, 1.165) is 6.07 Å². The van der Waals surface area contributed by atoms with E-state index in [4.69, 9.17) is 5.26 Å². The standard InChI is InChI=1S/C10H9F2N/c1-10(2,12)8-3-4-9(11)7(5-8)6-13/h3-5H,1-2H3. The smallest absolute Gasteiger partial charge is 0.140 e. The third kappa shape index (κ3) is 2.03. The van der Waals surface area contributed by atoms with Crippen LogP contribution in [-0.4, -0.2) is 0 Å². The van der Waals surface area contributed by atoms with E-state index in [0.29, 0.717) is 5.56 Å². The molecule has 1 aromatic carbocycles. The van der Waals surface area contributed by atoms with Crippen molar-refractivity contribution >= 4 is 0 Å². The third-order valence-corrected chi connectivity index (χ3v) is 1.77. The molecule has 1 aromatic rings. The summed E-state index contributed by atoms with van der Waals surface area (Å²) in [4.78, 5) is 0. The molecule has 0 radical (unpaired) electrons.